The Morgan fingerprint density at radius 3 is 2.70 bits per heavy atom. The third-order valence-corrected chi connectivity index (χ3v) is 2.80. The van der Waals surface area contributed by atoms with Crippen molar-refractivity contribution in [2.24, 2.45) is 7.05 Å². The number of anilines is 1. The Hall–Kier alpha value is -2.63. The van der Waals surface area contributed by atoms with Crippen LogP contribution in [0.15, 0.2) is 35.1 Å². The van der Waals surface area contributed by atoms with Crippen LogP contribution < -0.4 is 15.6 Å². The maximum Gasteiger partial charge on any atom is 0.276 e. The molecule has 0 spiro atoms. The summed E-state index contributed by atoms with van der Waals surface area (Å²) in [5, 5.41) is 6.62. The smallest absolute Gasteiger partial charge is 0.276 e. The molecule has 0 atom stereocenters. The van der Waals surface area contributed by atoms with Crippen molar-refractivity contribution in [3.63, 3.8) is 0 Å². The molecule has 0 saturated carbocycles. The highest BCUT2D eigenvalue weighted by Gasteiger charge is 2.12. The lowest BCUT2D eigenvalue weighted by Crippen LogP contribution is -2.23. The number of aryl methyl sites for hydroxylation is 2. The van der Waals surface area contributed by atoms with Gasteiger partial charge in [-0.1, -0.05) is 6.07 Å². The molecule has 0 aliphatic rings. The second-order valence-electron chi connectivity index (χ2n) is 4.34. The largest absolute Gasteiger partial charge is 0.495 e. The minimum absolute atomic E-state index is 0.163. The van der Waals surface area contributed by atoms with Crippen LogP contribution in [0.2, 0.25) is 0 Å². The molecular formula is C14H15N3O3. The van der Waals surface area contributed by atoms with Crippen LogP contribution in [0, 0.1) is 6.92 Å². The van der Waals surface area contributed by atoms with Crippen LogP contribution >= 0.6 is 0 Å². The summed E-state index contributed by atoms with van der Waals surface area (Å²) in [5.41, 5.74) is 1.45. The Bertz CT molecular complexity index is 707. The van der Waals surface area contributed by atoms with E-state index < -0.39 is 5.91 Å². The first-order chi connectivity index (χ1) is 9.51. The minimum Gasteiger partial charge on any atom is -0.495 e. The molecule has 0 unspecified atom stereocenters. The zero-order valence-electron chi connectivity index (χ0n) is 11.5. The van der Waals surface area contributed by atoms with E-state index in [0.717, 1.165) is 10.2 Å². The number of hydrogen-bond donors (Lipinski definition) is 1. The summed E-state index contributed by atoms with van der Waals surface area (Å²) < 4.78 is 6.30. The van der Waals surface area contributed by atoms with Crippen molar-refractivity contribution in [2.75, 3.05) is 12.4 Å². The lowest BCUT2D eigenvalue weighted by molar-refractivity contribution is 0.101. The average molecular weight is 273 g/mol. The summed E-state index contributed by atoms with van der Waals surface area (Å²) in [6, 6.07) is 8.16. The number of rotatable bonds is 3. The van der Waals surface area contributed by atoms with E-state index in [1.54, 1.807) is 12.1 Å². The van der Waals surface area contributed by atoms with Crippen molar-refractivity contribution < 1.29 is 9.53 Å². The molecule has 0 aliphatic carbocycles. The highest BCUT2D eigenvalue weighted by molar-refractivity contribution is 6.03. The van der Waals surface area contributed by atoms with Gasteiger partial charge in [0.05, 0.1) is 12.8 Å². The van der Waals surface area contributed by atoms with Gasteiger partial charge in [-0.2, -0.15) is 5.10 Å². The van der Waals surface area contributed by atoms with Gasteiger partial charge in [-0.15, -0.1) is 0 Å². The van der Waals surface area contributed by atoms with Gasteiger partial charge in [-0.25, -0.2) is 4.68 Å². The number of carbonyl (C=O) groups is 1. The van der Waals surface area contributed by atoms with Crippen LogP contribution in [-0.4, -0.2) is 22.8 Å². The van der Waals surface area contributed by atoms with Crippen molar-refractivity contribution in [1.29, 1.82) is 0 Å². The molecule has 2 rings (SSSR count). The number of benzene rings is 1. The monoisotopic (exact) mass is 273 g/mol. The summed E-state index contributed by atoms with van der Waals surface area (Å²) in [7, 11) is 3.02. The number of ether oxygens (including phenoxy) is 1. The fraction of sp³-hybridized carbons (Fsp3) is 0.214. The van der Waals surface area contributed by atoms with Crippen LogP contribution in [0.3, 0.4) is 0 Å². The topological polar surface area (TPSA) is 73.2 Å². The highest BCUT2D eigenvalue weighted by atomic mass is 16.5. The Kier molecular flexibility index (Phi) is 3.84. The number of carbonyl (C=O) groups excluding carboxylic acids is 1. The number of hydrogen-bond acceptors (Lipinski definition) is 4. The van der Waals surface area contributed by atoms with E-state index >= 15 is 0 Å². The van der Waals surface area contributed by atoms with E-state index in [-0.39, 0.29) is 11.3 Å². The normalized spacial score (nSPS) is 10.2. The minimum atomic E-state index is -0.399. The van der Waals surface area contributed by atoms with Gasteiger partial charge in [-0.05, 0) is 30.7 Å². The molecular weight excluding hydrogens is 258 g/mol. The van der Waals surface area contributed by atoms with Gasteiger partial charge < -0.3 is 10.1 Å². The van der Waals surface area contributed by atoms with Crippen molar-refractivity contribution in [2.45, 2.75) is 6.92 Å². The van der Waals surface area contributed by atoms with Crippen molar-refractivity contribution >= 4 is 11.6 Å². The van der Waals surface area contributed by atoms with Gasteiger partial charge in [0.2, 0.25) is 0 Å². The van der Waals surface area contributed by atoms with Gasteiger partial charge in [0, 0.05) is 13.1 Å². The zero-order chi connectivity index (χ0) is 14.7. The fourth-order valence-corrected chi connectivity index (χ4v) is 1.73. The van der Waals surface area contributed by atoms with Crippen LogP contribution in [0.25, 0.3) is 0 Å². The number of aromatic nitrogens is 2. The van der Waals surface area contributed by atoms with Crippen LogP contribution in [0.1, 0.15) is 16.1 Å². The molecule has 0 radical (unpaired) electrons. The molecule has 0 aliphatic heterocycles. The molecule has 1 N–H and O–H groups in total. The molecule has 1 aromatic heterocycles. The van der Waals surface area contributed by atoms with Crippen molar-refractivity contribution in [3.05, 3.63) is 51.9 Å². The quantitative estimate of drug-likeness (QED) is 0.916. The molecule has 1 amide bonds. The molecule has 104 valence electrons. The average Bonchev–Trinajstić information content (AvgIpc) is 2.42. The third kappa shape index (κ3) is 2.85. The predicted octanol–water partition coefficient (Wildman–Crippen LogP) is 1.35. The second kappa shape index (κ2) is 5.56. The van der Waals surface area contributed by atoms with Crippen LogP contribution in [-0.2, 0) is 7.05 Å². The van der Waals surface area contributed by atoms with E-state index in [1.165, 1.54) is 26.3 Å². The van der Waals surface area contributed by atoms with Crippen molar-refractivity contribution in [3.8, 4) is 5.75 Å². The first kappa shape index (κ1) is 13.8. The maximum absolute atomic E-state index is 12.1. The van der Waals surface area contributed by atoms with Gasteiger partial charge in [0.1, 0.15) is 11.4 Å². The van der Waals surface area contributed by atoms with Gasteiger partial charge in [0.25, 0.3) is 11.5 Å². The van der Waals surface area contributed by atoms with E-state index in [0.29, 0.717) is 11.4 Å². The Morgan fingerprint density at radius 2 is 2.05 bits per heavy atom. The maximum atomic E-state index is 12.1. The first-order valence-corrected chi connectivity index (χ1v) is 6.01. The summed E-state index contributed by atoms with van der Waals surface area (Å²) in [5.74, 6) is 0.165. The molecule has 0 saturated heterocycles. The molecule has 1 heterocycles. The number of nitrogens with zero attached hydrogens (tertiary/aromatic N) is 2. The lowest BCUT2D eigenvalue weighted by atomic mass is 10.2. The summed E-state index contributed by atoms with van der Waals surface area (Å²) in [6.45, 7) is 1.92. The van der Waals surface area contributed by atoms with Gasteiger partial charge in [0.15, 0.2) is 0 Å². The highest BCUT2D eigenvalue weighted by Crippen LogP contribution is 2.25. The van der Waals surface area contributed by atoms with Gasteiger partial charge >= 0.3 is 0 Å². The fourth-order valence-electron chi connectivity index (χ4n) is 1.73. The predicted molar refractivity (Wildman–Crippen MR) is 75.2 cm³/mol. The molecule has 0 fully saturated rings. The summed E-state index contributed by atoms with van der Waals surface area (Å²) in [6.07, 6.45) is 0. The molecule has 1 aromatic carbocycles. The standard InChI is InChI=1S/C14H15N3O3/c1-9-4-6-12(20-3)11(8-9)15-14(19)10-5-7-13(18)17(2)16-10/h4-8H,1-3H3,(H,15,19). The van der Waals surface area contributed by atoms with E-state index in [2.05, 4.69) is 10.4 Å². The summed E-state index contributed by atoms with van der Waals surface area (Å²) >= 11 is 0. The SMILES string of the molecule is COc1ccc(C)cc1NC(=O)c1ccc(=O)n(C)n1. The number of methoxy groups -OCH3 is 1. The van der Waals surface area contributed by atoms with E-state index in [9.17, 15) is 9.59 Å². The Balaban J connectivity index is 2.29. The summed E-state index contributed by atoms with van der Waals surface area (Å²) in [4.78, 5) is 23.4. The van der Waals surface area contributed by atoms with Crippen molar-refractivity contribution in [1.82, 2.24) is 9.78 Å². The van der Waals surface area contributed by atoms with E-state index in [4.69, 9.17) is 4.74 Å². The molecule has 20 heavy (non-hydrogen) atoms. The molecule has 6 nitrogen and oxygen atoms in total. The van der Waals surface area contributed by atoms with Crippen LogP contribution in [0.5, 0.6) is 5.75 Å². The van der Waals surface area contributed by atoms with Gasteiger partial charge in [-0.3, -0.25) is 9.59 Å². The Labute approximate surface area is 116 Å². The number of nitrogens with one attached hydrogen (secondary N) is 1. The van der Waals surface area contributed by atoms with Crippen LogP contribution in [0.4, 0.5) is 5.69 Å². The Morgan fingerprint density at radius 1 is 1.30 bits per heavy atom. The lowest BCUT2D eigenvalue weighted by Gasteiger charge is -2.10. The third-order valence-electron chi connectivity index (χ3n) is 2.80. The zero-order valence-corrected chi connectivity index (χ0v) is 11.5. The first-order valence-electron chi connectivity index (χ1n) is 6.01. The molecule has 2 aromatic rings. The molecule has 6 heteroatoms. The van der Waals surface area contributed by atoms with E-state index in [1.807, 2.05) is 13.0 Å². The molecule has 0 bridgehead atoms. The number of amides is 1. The second-order valence-corrected chi connectivity index (χ2v) is 4.34.